The molecule has 622 valence electrons. The zero-order valence-corrected chi connectivity index (χ0v) is 68.2. The Morgan fingerprint density at radius 1 is 0.509 bits per heavy atom. The second-order valence-corrected chi connectivity index (χ2v) is 30.0. The van der Waals surface area contributed by atoms with Crippen LogP contribution in [0.25, 0.3) is 55.5 Å². The highest BCUT2D eigenvalue weighted by molar-refractivity contribution is 6.35. The van der Waals surface area contributed by atoms with E-state index in [1.54, 1.807) is 63.7 Å². The van der Waals surface area contributed by atoms with Gasteiger partial charge in [0.15, 0.2) is 39.9 Å². The second kappa shape index (κ2) is 34.7. The number of aliphatic hydroxyl groups excluding tert-OH is 1. The highest BCUT2D eigenvalue weighted by atomic mass is 35.5. The van der Waals surface area contributed by atoms with Crippen molar-refractivity contribution >= 4 is 138 Å². The number of methoxy groups -OCH3 is 4. The lowest BCUT2D eigenvalue weighted by Crippen LogP contribution is -2.56. The number of H-pyrrole nitrogens is 2. The normalized spacial score (nSPS) is 17.2. The highest BCUT2D eigenvalue weighted by Gasteiger charge is 2.48. The lowest BCUT2D eigenvalue weighted by atomic mass is 9.93. The summed E-state index contributed by atoms with van der Waals surface area (Å²) in [5.74, 6) is -5.23. The number of aliphatic hydroxyl groups is 1. The molecule has 7 aliphatic rings. The molecule has 44 heteroatoms. The number of nitrogens with two attached hydrogens (primary N) is 1. The summed E-state index contributed by atoms with van der Waals surface area (Å²) in [5.41, 5.74) is 14.8. The smallest absolute Gasteiger partial charge is 0.282 e. The molecule has 4 aliphatic heterocycles. The third-order valence-electron chi connectivity index (χ3n) is 20.1. The van der Waals surface area contributed by atoms with Gasteiger partial charge in [0.05, 0.1) is 156 Å². The average Bonchev–Trinajstić information content (AvgIpc) is 1.56. The predicted molar refractivity (Wildman–Crippen MR) is 426 cm³/mol. The molecule has 0 amide bonds. The van der Waals surface area contributed by atoms with Crippen LogP contribution < -0.4 is 50.0 Å². The van der Waals surface area contributed by atoms with Crippen molar-refractivity contribution in [3.8, 4) is 34.4 Å². The van der Waals surface area contributed by atoms with Gasteiger partial charge < -0.3 is 64.3 Å². The number of alkyl halides is 8. The van der Waals surface area contributed by atoms with Gasteiger partial charge in [0, 0.05) is 29.6 Å². The van der Waals surface area contributed by atoms with Crippen molar-refractivity contribution in [3.63, 3.8) is 0 Å². The fourth-order valence-corrected chi connectivity index (χ4v) is 13.9. The quantitative estimate of drug-likeness (QED) is 0.0355. The van der Waals surface area contributed by atoms with E-state index >= 15 is 0 Å². The van der Waals surface area contributed by atoms with E-state index in [-0.39, 0.29) is 92.8 Å². The number of fused-ring (bicyclic) bond motifs is 4. The average molecular weight is 1720 g/mol. The fourth-order valence-electron chi connectivity index (χ4n) is 13.1. The Morgan fingerprint density at radius 3 is 1.36 bits per heavy atom. The Bertz CT molecular complexity index is 5470. The number of hydrogen-bond acceptors (Lipinski definition) is 25. The number of nitrogen functional groups attached to an aromatic ring is 1. The lowest BCUT2D eigenvalue weighted by Gasteiger charge is -2.39. The number of aryl methyl sites for hydroxylation is 5. The number of ether oxygens (including phenoxy) is 4. The highest BCUT2D eigenvalue weighted by Crippen LogP contribution is 2.44. The maximum Gasteiger partial charge on any atom is 0.282 e. The number of rotatable bonds is 13. The first-order valence-electron chi connectivity index (χ1n) is 36.4. The van der Waals surface area contributed by atoms with Gasteiger partial charge in [-0.05, 0) is 151 Å². The summed E-state index contributed by atoms with van der Waals surface area (Å²) in [7, 11) is 6.36. The number of benzene rings is 2. The molecule has 116 heavy (non-hydrogen) atoms. The molecule has 19 rings (SSSR count). The third kappa shape index (κ3) is 18.9. The standard InChI is InChI=1S/C25H28F2N8O.C13H14ClF2N5.C12H15N3O3.C9H8ClF2N5.C6H4Cl2N4.C4H8O.C3H5F2N.ClH/c1-14-8-18(9-19(36-4)15(14)2)33-10-20(28-13-33)29-24-30-22(34-11-25(26,27)12-34)21-16(3)32-35(23(21)31-24)17-6-5-7-17;1-7-9-10(20-5-13(15,16)6-20)17-12(14)18-11(9)21(19-7)8-3-2-4-8;1-16-9-4-8(15-6-11(13)14-7-15)5-10(17-2)12(9)18-3;1-4-5-6(16-15-4)13-8(10)14-7(5)17-2-9(11,12)3-17;1-2-3-4(7)9-6(8)10-5(3)12-11-2;5-4-2-1-3-4;4-3(5)1-6-2-3;/h8-10,13,17H,5-7,11-12H2,1-4H3,(H,29,30,31);8H,2-6H2,1H3;4-7H,13H2,1-3H3;2-3H2,1H3,(H,13,14,15,16);1H3,(H,9,10,11,12);4-5H,1-3H2;6H,1-2H2;1H. The van der Waals surface area contributed by atoms with Gasteiger partial charge in [-0.15, -0.1) is 12.4 Å². The van der Waals surface area contributed by atoms with Crippen LogP contribution in [-0.2, 0) is 0 Å². The Kier molecular flexibility index (Phi) is 25.6. The number of imidazole rings is 2. The number of nitrogens with one attached hydrogen (secondary N) is 4. The maximum absolute atomic E-state index is 13.7. The molecule has 10 aromatic heterocycles. The van der Waals surface area contributed by atoms with Crippen molar-refractivity contribution in [2.45, 2.75) is 141 Å². The van der Waals surface area contributed by atoms with E-state index in [0.29, 0.717) is 91.5 Å². The Morgan fingerprint density at radius 2 is 0.931 bits per heavy atom. The van der Waals surface area contributed by atoms with Gasteiger partial charge in [0.2, 0.25) is 27.5 Å². The molecule has 3 aliphatic carbocycles. The van der Waals surface area contributed by atoms with Gasteiger partial charge >= 0.3 is 0 Å². The third-order valence-corrected chi connectivity index (χ3v) is 20.8. The SMILES string of the molecule is COc1cc(-n2cnc(N)c2)cc(OC)c1OC.COc1cc(-n2cnc(Nc3nc(N4CC(F)(F)C4)c4c(C)nn(C5CCC5)c4n3)c2)cc(C)c1C.Cc1[nH]nc2nc(Cl)nc(Cl)c12.Cc1[nH]nc2nc(Cl)nc(N3CC(F)(F)C3)c12.Cc1nn(C2CCC2)c2nc(Cl)nc(N3CC(F)(F)C3)c12.Cl.FC1(F)CNC1.OC1CCC1. The first-order valence-corrected chi connectivity index (χ1v) is 37.9. The second-order valence-electron chi connectivity index (χ2n) is 28.7. The van der Waals surface area contributed by atoms with E-state index in [1.807, 2.05) is 72.9 Å². The van der Waals surface area contributed by atoms with Crippen LogP contribution >= 0.6 is 58.8 Å². The predicted octanol–water partition coefficient (Wildman–Crippen LogP) is 14.2. The van der Waals surface area contributed by atoms with E-state index < -0.39 is 23.7 Å². The van der Waals surface area contributed by atoms with Crippen molar-refractivity contribution in [3.05, 3.63) is 104 Å². The topological polar surface area (TPSA) is 349 Å². The molecule has 7 fully saturated rings. The van der Waals surface area contributed by atoms with Gasteiger partial charge in [0.25, 0.3) is 23.7 Å². The molecular weight excluding hydrogens is 1640 g/mol. The van der Waals surface area contributed by atoms with E-state index in [1.165, 1.54) is 22.6 Å². The monoisotopic (exact) mass is 1720 g/mol. The molecule has 0 radical (unpaired) electrons. The fraction of sp³-hybridized carbons (Fsp3) is 0.472. The van der Waals surface area contributed by atoms with E-state index in [4.69, 9.17) is 86.3 Å². The molecule has 14 heterocycles. The van der Waals surface area contributed by atoms with Crippen molar-refractivity contribution in [1.82, 2.24) is 104 Å². The van der Waals surface area contributed by atoms with Crippen LogP contribution in [0.1, 0.15) is 104 Å². The van der Waals surface area contributed by atoms with Crippen LogP contribution in [0, 0.1) is 41.5 Å². The van der Waals surface area contributed by atoms with E-state index in [0.717, 1.165) is 112 Å². The number of halogens is 13. The zero-order valence-electron chi connectivity index (χ0n) is 64.4. The number of anilines is 6. The molecule has 31 nitrogen and oxygen atoms in total. The molecule has 0 bridgehead atoms. The first kappa shape index (κ1) is 85.4. The van der Waals surface area contributed by atoms with Crippen LogP contribution in [0.15, 0.2) is 49.3 Å². The number of aromatic amines is 2. The minimum atomic E-state index is -2.71. The molecular formula is C72H83Cl5F8N26O5. The maximum atomic E-state index is 13.7. The van der Waals surface area contributed by atoms with Crippen LogP contribution in [0.2, 0.25) is 21.0 Å². The molecule has 12 aromatic rings. The van der Waals surface area contributed by atoms with Gasteiger partial charge in [-0.25, -0.2) is 59.4 Å². The Labute approximate surface area is 684 Å². The van der Waals surface area contributed by atoms with Gasteiger partial charge in [-0.2, -0.15) is 55.3 Å². The largest absolute Gasteiger partial charge is 0.496 e. The van der Waals surface area contributed by atoms with Crippen LogP contribution in [-0.4, -0.2) is 215 Å². The van der Waals surface area contributed by atoms with Crippen molar-refractivity contribution in [2.24, 2.45) is 0 Å². The summed E-state index contributed by atoms with van der Waals surface area (Å²) >= 11 is 23.1. The van der Waals surface area contributed by atoms with Gasteiger partial charge in [0.1, 0.15) is 46.8 Å². The summed E-state index contributed by atoms with van der Waals surface area (Å²) in [6.45, 7) is 9.08. The molecule has 4 saturated heterocycles. The summed E-state index contributed by atoms with van der Waals surface area (Å²) in [5, 5.41) is 40.0. The summed E-state index contributed by atoms with van der Waals surface area (Å²) in [4.78, 5) is 46.5. The summed E-state index contributed by atoms with van der Waals surface area (Å²) < 4.78 is 131. The first-order chi connectivity index (χ1) is 54.6. The summed E-state index contributed by atoms with van der Waals surface area (Å²) in [6.07, 6.45) is 16.8. The lowest BCUT2D eigenvalue weighted by molar-refractivity contribution is -0.0476. The molecule has 0 unspecified atom stereocenters. The van der Waals surface area contributed by atoms with Crippen LogP contribution in [0.5, 0.6) is 23.0 Å². The number of nitrogens with zero attached hydrogens (tertiary/aromatic N) is 21. The molecule has 2 aromatic carbocycles. The van der Waals surface area contributed by atoms with Gasteiger partial charge in [-0.1, -0.05) is 11.6 Å². The van der Waals surface area contributed by atoms with Crippen LogP contribution in [0.3, 0.4) is 0 Å². The molecule has 0 spiro atoms. The number of aromatic nitrogens is 20. The van der Waals surface area contributed by atoms with Crippen molar-refractivity contribution in [1.29, 1.82) is 0 Å². The Hall–Kier alpha value is -9.93. The van der Waals surface area contributed by atoms with Crippen molar-refractivity contribution in [2.75, 3.05) is 107 Å². The van der Waals surface area contributed by atoms with E-state index in [9.17, 15) is 35.1 Å². The molecule has 0 atom stereocenters. The minimum absolute atomic E-state index is 0. The zero-order chi connectivity index (χ0) is 82.3. The molecule has 7 N–H and O–H groups in total. The summed E-state index contributed by atoms with van der Waals surface area (Å²) in [6, 6.07) is 8.27. The van der Waals surface area contributed by atoms with Crippen LogP contribution in [0.4, 0.5) is 70.2 Å². The van der Waals surface area contributed by atoms with E-state index in [2.05, 4.69) is 87.0 Å². The number of hydrogen-bond donors (Lipinski definition) is 6. The van der Waals surface area contributed by atoms with Gasteiger partial charge in [-0.3, -0.25) is 10.2 Å². The Balaban J connectivity index is 0.000000134. The molecule has 3 saturated carbocycles. The minimum Gasteiger partial charge on any atom is -0.496 e. The van der Waals surface area contributed by atoms with Crippen molar-refractivity contribution < 1.29 is 59.2 Å².